The van der Waals surface area contributed by atoms with Crippen LogP contribution >= 0.6 is 0 Å². The first-order chi connectivity index (χ1) is 6.27. The molecule has 1 rings (SSSR count). The Labute approximate surface area is 76.0 Å². The number of nitrogens with two attached hydrogens (primary N) is 1. The molecule has 0 fully saturated rings. The van der Waals surface area contributed by atoms with Gasteiger partial charge >= 0.3 is 5.97 Å². The fraction of sp³-hybridized carbons (Fsp3) is 0.222. The maximum absolute atomic E-state index is 11.1. The lowest BCUT2D eigenvalue weighted by Crippen LogP contribution is -2.13. The van der Waals surface area contributed by atoms with Crippen molar-refractivity contribution in [2.75, 3.05) is 13.7 Å². The van der Waals surface area contributed by atoms with Crippen LogP contribution in [0.15, 0.2) is 28.4 Å². The molecule has 0 aromatic carbocycles. The molecule has 1 aromatic rings. The van der Waals surface area contributed by atoms with Gasteiger partial charge in [0.05, 0.1) is 18.9 Å². The summed E-state index contributed by atoms with van der Waals surface area (Å²) in [7, 11) is 1.31. The molecule has 0 aliphatic rings. The quantitative estimate of drug-likeness (QED) is 0.553. The maximum atomic E-state index is 11.1. The molecule has 1 aromatic heterocycles. The fourth-order valence-corrected chi connectivity index (χ4v) is 0.877. The lowest BCUT2D eigenvalue weighted by molar-refractivity contribution is -0.136. The van der Waals surface area contributed by atoms with Crippen molar-refractivity contribution in [3.8, 4) is 0 Å². The van der Waals surface area contributed by atoms with E-state index in [1.165, 1.54) is 13.4 Å². The van der Waals surface area contributed by atoms with Gasteiger partial charge in [-0.1, -0.05) is 0 Å². The Morgan fingerprint density at radius 2 is 2.54 bits per heavy atom. The van der Waals surface area contributed by atoms with E-state index >= 15 is 0 Å². The highest BCUT2D eigenvalue weighted by Gasteiger charge is 2.07. The van der Waals surface area contributed by atoms with Gasteiger partial charge in [-0.15, -0.1) is 0 Å². The van der Waals surface area contributed by atoms with E-state index in [1.54, 1.807) is 18.2 Å². The second kappa shape index (κ2) is 4.47. The Morgan fingerprint density at radius 3 is 3.00 bits per heavy atom. The third kappa shape index (κ3) is 2.45. The van der Waals surface area contributed by atoms with E-state index in [1.807, 2.05) is 0 Å². The van der Waals surface area contributed by atoms with Crippen LogP contribution in [0.2, 0.25) is 0 Å². The summed E-state index contributed by atoms with van der Waals surface area (Å²) in [5, 5.41) is 0. The minimum absolute atomic E-state index is 0.132. The lowest BCUT2D eigenvalue weighted by Gasteiger charge is -1.99. The standard InChI is InChI=1S/C9H11NO3/c1-12-9(11)7(6-10)5-8-3-2-4-13-8/h2-5H,6,10H2,1H3/b7-5+. The summed E-state index contributed by atoms with van der Waals surface area (Å²) in [6, 6.07) is 3.47. The zero-order valence-electron chi connectivity index (χ0n) is 7.32. The second-order valence-corrected chi connectivity index (χ2v) is 2.38. The van der Waals surface area contributed by atoms with Gasteiger partial charge in [-0.25, -0.2) is 4.79 Å². The van der Waals surface area contributed by atoms with Crippen molar-refractivity contribution in [1.29, 1.82) is 0 Å². The molecule has 4 heteroatoms. The first-order valence-corrected chi connectivity index (χ1v) is 3.80. The Morgan fingerprint density at radius 1 is 1.77 bits per heavy atom. The van der Waals surface area contributed by atoms with Gasteiger partial charge in [-0.2, -0.15) is 0 Å². The molecular weight excluding hydrogens is 170 g/mol. The Balaban J connectivity index is 2.83. The van der Waals surface area contributed by atoms with Crippen molar-refractivity contribution in [2.24, 2.45) is 5.73 Å². The molecule has 4 nitrogen and oxygen atoms in total. The summed E-state index contributed by atoms with van der Waals surface area (Å²) in [5.74, 6) is 0.157. The molecule has 0 spiro atoms. The number of methoxy groups -OCH3 is 1. The molecule has 70 valence electrons. The average molecular weight is 181 g/mol. The van der Waals surface area contributed by atoms with Crippen molar-refractivity contribution in [2.45, 2.75) is 0 Å². The first kappa shape index (κ1) is 9.54. The SMILES string of the molecule is COC(=O)/C(=C/c1ccco1)CN. The van der Waals surface area contributed by atoms with Gasteiger partial charge in [0.25, 0.3) is 0 Å². The van der Waals surface area contributed by atoms with Gasteiger partial charge in [-0.05, 0) is 18.2 Å². The summed E-state index contributed by atoms with van der Waals surface area (Å²) in [6.07, 6.45) is 3.09. The molecule has 0 saturated carbocycles. The molecule has 0 aliphatic carbocycles. The van der Waals surface area contributed by atoms with E-state index in [-0.39, 0.29) is 6.54 Å². The van der Waals surface area contributed by atoms with Gasteiger partial charge in [0.2, 0.25) is 0 Å². The number of carbonyl (C=O) groups excluding carboxylic acids is 1. The van der Waals surface area contributed by atoms with E-state index in [0.29, 0.717) is 11.3 Å². The van der Waals surface area contributed by atoms with Crippen molar-refractivity contribution >= 4 is 12.0 Å². The highest BCUT2D eigenvalue weighted by atomic mass is 16.5. The van der Waals surface area contributed by atoms with E-state index in [9.17, 15) is 4.79 Å². The van der Waals surface area contributed by atoms with Gasteiger partial charge in [0.15, 0.2) is 0 Å². The van der Waals surface area contributed by atoms with E-state index < -0.39 is 5.97 Å². The molecule has 0 atom stereocenters. The van der Waals surface area contributed by atoms with Gasteiger partial charge < -0.3 is 14.9 Å². The largest absolute Gasteiger partial charge is 0.466 e. The number of ether oxygens (including phenoxy) is 1. The predicted octanol–water partition coefficient (Wildman–Crippen LogP) is 0.795. The van der Waals surface area contributed by atoms with E-state index in [4.69, 9.17) is 10.2 Å². The smallest absolute Gasteiger partial charge is 0.335 e. The minimum atomic E-state index is -0.432. The van der Waals surface area contributed by atoms with Crippen LogP contribution in [0, 0.1) is 0 Å². The second-order valence-electron chi connectivity index (χ2n) is 2.38. The monoisotopic (exact) mass is 181 g/mol. The Kier molecular flexibility index (Phi) is 3.28. The summed E-state index contributed by atoms with van der Waals surface area (Å²) in [4.78, 5) is 11.1. The van der Waals surface area contributed by atoms with Crippen LogP contribution in [0.4, 0.5) is 0 Å². The Hall–Kier alpha value is -1.55. The van der Waals surface area contributed by atoms with E-state index in [2.05, 4.69) is 4.74 Å². The molecule has 0 saturated heterocycles. The molecule has 0 amide bonds. The molecule has 2 N–H and O–H groups in total. The first-order valence-electron chi connectivity index (χ1n) is 3.80. The van der Waals surface area contributed by atoms with Crippen LogP contribution in [0.1, 0.15) is 5.76 Å². The zero-order chi connectivity index (χ0) is 9.68. The topological polar surface area (TPSA) is 65.5 Å². The van der Waals surface area contributed by atoms with E-state index in [0.717, 1.165) is 0 Å². The lowest BCUT2D eigenvalue weighted by atomic mass is 10.2. The van der Waals surface area contributed by atoms with Crippen LogP contribution < -0.4 is 5.73 Å². The third-order valence-corrected chi connectivity index (χ3v) is 1.53. The number of rotatable bonds is 3. The van der Waals surface area contributed by atoms with Crippen molar-refractivity contribution in [3.05, 3.63) is 29.7 Å². The predicted molar refractivity (Wildman–Crippen MR) is 47.8 cm³/mol. The molecule has 0 radical (unpaired) electrons. The minimum Gasteiger partial charge on any atom is -0.466 e. The van der Waals surface area contributed by atoms with Crippen LogP contribution in [0.25, 0.3) is 6.08 Å². The third-order valence-electron chi connectivity index (χ3n) is 1.53. The highest BCUT2D eigenvalue weighted by Crippen LogP contribution is 2.07. The Bertz CT molecular complexity index is 301. The molecular formula is C9H11NO3. The van der Waals surface area contributed by atoms with Gasteiger partial charge in [0, 0.05) is 6.54 Å². The van der Waals surface area contributed by atoms with Crippen molar-refractivity contribution in [3.63, 3.8) is 0 Å². The number of hydrogen-bond acceptors (Lipinski definition) is 4. The molecule has 0 bridgehead atoms. The average Bonchev–Trinajstić information content (AvgIpc) is 2.65. The summed E-state index contributed by atoms with van der Waals surface area (Å²) < 4.78 is 9.54. The normalized spacial score (nSPS) is 11.4. The summed E-state index contributed by atoms with van der Waals surface area (Å²) in [6.45, 7) is 0.132. The number of hydrogen-bond donors (Lipinski definition) is 1. The molecule has 13 heavy (non-hydrogen) atoms. The summed E-state index contributed by atoms with van der Waals surface area (Å²) >= 11 is 0. The van der Waals surface area contributed by atoms with Crippen LogP contribution in [0.5, 0.6) is 0 Å². The zero-order valence-corrected chi connectivity index (χ0v) is 7.32. The van der Waals surface area contributed by atoms with Crippen molar-refractivity contribution in [1.82, 2.24) is 0 Å². The van der Waals surface area contributed by atoms with Gasteiger partial charge in [-0.3, -0.25) is 0 Å². The number of esters is 1. The maximum Gasteiger partial charge on any atom is 0.335 e. The molecule has 0 aliphatic heterocycles. The fourth-order valence-electron chi connectivity index (χ4n) is 0.877. The molecule has 1 heterocycles. The summed E-state index contributed by atoms with van der Waals surface area (Å²) in [5.41, 5.74) is 5.74. The highest BCUT2D eigenvalue weighted by molar-refractivity contribution is 5.93. The van der Waals surface area contributed by atoms with Crippen LogP contribution in [0.3, 0.4) is 0 Å². The number of carbonyl (C=O) groups is 1. The van der Waals surface area contributed by atoms with Gasteiger partial charge in [0.1, 0.15) is 5.76 Å². The van der Waals surface area contributed by atoms with Crippen LogP contribution in [-0.4, -0.2) is 19.6 Å². The molecule has 0 unspecified atom stereocenters. The number of furan rings is 1. The van der Waals surface area contributed by atoms with Crippen LogP contribution in [-0.2, 0) is 9.53 Å². The van der Waals surface area contributed by atoms with Crippen molar-refractivity contribution < 1.29 is 13.9 Å².